The van der Waals surface area contributed by atoms with E-state index in [-0.39, 0.29) is 21.3 Å². The fourth-order valence-corrected chi connectivity index (χ4v) is 3.81. The van der Waals surface area contributed by atoms with Gasteiger partial charge in [-0.3, -0.25) is 10.1 Å². The number of hydrogen-bond donors (Lipinski definition) is 3. The molecule has 0 aliphatic rings. The first kappa shape index (κ1) is 28.8. The van der Waals surface area contributed by atoms with Crippen molar-refractivity contribution in [3.05, 3.63) is 76.3 Å². The molecule has 0 unspecified atom stereocenters. The summed E-state index contributed by atoms with van der Waals surface area (Å²) in [5, 5.41) is 14.6. The molecule has 0 spiro atoms. The van der Waals surface area contributed by atoms with Crippen molar-refractivity contribution in [3.8, 4) is 5.75 Å². The highest BCUT2D eigenvalue weighted by molar-refractivity contribution is 7.17. The minimum absolute atomic E-state index is 0.0355. The summed E-state index contributed by atoms with van der Waals surface area (Å²) < 4.78 is 40.8. The Balaban J connectivity index is 0.000000297. The highest BCUT2D eigenvalue weighted by Crippen LogP contribution is 2.28. The predicted molar refractivity (Wildman–Crippen MR) is 133 cm³/mol. The second-order valence-electron chi connectivity index (χ2n) is 7.61. The summed E-state index contributed by atoms with van der Waals surface area (Å²) in [5.41, 5.74) is 1.21. The van der Waals surface area contributed by atoms with Gasteiger partial charge in [-0.15, -0.1) is 13.2 Å². The molecule has 3 rings (SSSR count). The molecular formula is C25H28F3N3O4S. The van der Waals surface area contributed by atoms with E-state index < -0.39 is 24.0 Å². The number of carbonyl (C=O) groups excluding carboxylic acids is 1. The van der Waals surface area contributed by atoms with Crippen LogP contribution in [0.5, 0.6) is 5.75 Å². The molecule has 1 amide bonds. The van der Waals surface area contributed by atoms with Crippen molar-refractivity contribution in [1.29, 1.82) is 0 Å². The zero-order valence-electron chi connectivity index (χ0n) is 19.9. The number of amides is 1. The zero-order valence-corrected chi connectivity index (χ0v) is 20.7. The SMILES string of the molecule is CCCCCNCc1ccccc1.Cc1nc(NC(=O)c2ccccc2OC(F)(F)F)sc1C(=O)O. The predicted octanol–water partition coefficient (Wildman–Crippen LogP) is 6.27. The average Bonchev–Trinajstić information content (AvgIpc) is 3.19. The number of thiazole rings is 1. The van der Waals surface area contributed by atoms with Gasteiger partial charge in [-0.2, -0.15) is 0 Å². The molecule has 0 atom stereocenters. The van der Waals surface area contributed by atoms with Crippen LogP contribution in [0, 0.1) is 6.92 Å². The molecule has 2 aromatic carbocycles. The summed E-state index contributed by atoms with van der Waals surface area (Å²) in [7, 11) is 0. The van der Waals surface area contributed by atoms with Gasteiger partial charge in [0.1, 0.15) is 10.6 Å². The van der Waals surface area contributed by atoms with Crippen molar-refractivity contribution in [3.63, 3.8) is 0 Å². The number of halogens is 3. The molecule has 11 heteroatoms. The van der Waals surface area contributed by atoms with Crippen molar-refractivity contribution in [2.45, 2.75) is 46.0 Å². The summed E-state index contributed by atoms with van der Waals surface area (Å²) in [6.45, 7) is 5.82. The maximum Gasteiger partial charge on any atom is 0.573 e. The summed E-state index contributed by atoms with van der Waals surface area (Å²) >= 11 is 0.704. The largest absolute Gasteiger partial charge is 0.573 e. The van der Waals surface area contributed by atoms with E-state index >= 15 is 0 Å². The van der Waals surface area contributed by atoms with Gasteiger partial charge in [-0.25, -0.2) is 9.78 Å². The number of aryl methyl sites for hydroxylation is 1. The number of para-hydroxylation sites is 1. The van der Waals surface area contributed by atoms with Gasteiger partial charge in [0.05, 0.1) is 11.3 Å². The first-order valence-corrected chi connectivity index (χ1v) is 12.0. The standard InChI is InChI=1S/C13H9F3N2O4S.C12H19N/c1-6-9(11(20)21)23-12(17-6)18-10(19)7-4-2-3-5-8(7)22-13(14,15)16;1-2-3-7-10-13-11-12-8-5-4-6-9-12/h2-5H,1H3,(H,20,21)(H,17,18,19);4-6,8-9,13H,2-3,7,10-11H2,1H3. The molecule has 3 N–H and O–H groups in total. The maximum absolute atomic E-state index is 12.3. The van der Waals surface area contributed by atoms with Gasteiger partial charge in [0, 0.05) is 6.54 Å². The highest BCUT2D eigenvalue weighted by atomic mass is 32.1. The van der Waals surface area contributed by atoms with E-state index in [0.717, 1.165) is 25.2 Å². The quantitative estimate of drug-likeness (QED) is 0.271. The number of carboxylic acids is 1. The number of nitrogens with zero attached hydrogens (tertiary/aromatic N) is 1. The maximum atomic E-state index is 12.3. The third kappa shape index (κ3) is 10.0. The van der Waals surface area contributed by atoms with Crippen LogP contribution in [0.2, 0.25) is 0 Å². The van der Waals surface area contributed by atoms with Crippen LogP contribution in [0.3, 0.4) is 0 Å². The van der Waals surface area contributed by atoms with Crippen molar-refractivity contribution in [2.75, 3.05) is 11.9 Å². The van der Waals surface area contributed by atoms with E-state index in [1.54, 1.807) is 0 Å². The summed E-state index contributed by atoms with van der Waals surface area (Å²) in [6, 6.07) is 15.3. The lowest BCUT2D eigenvalue weighted by Gasteiger charge is -2.12. The smallest absolute Gasteiger partial charge is 0.477 e. The molecule has 0 saturated carbocycles. The number of nitrogens with one attached hydrogen (secondary N) is 2. The molecule has 194 valence electrons. The Morgan fingerprint density at radius 3 is 2.33 bits per heavy atom. The van der Waals surface area contributed by atoms with Crippen LogP contribution in [0.15, 0.2) is 54.6 Å². The lowest BCUT2D eigenvalue weighted by molar-refractivity contribution is -0.274. The summed E-state index contributed by atoms with van der Waals surface area (Å²) in [4.78, 5) is 26.8. The van der Waals surface area contributed by atoms with Crippen LogP contribution >= 0.6 is 11.3 Å². The van der Waals surface area contributed by atoms with Gasteiger partial charge in [0.25, 0.3) is 5.91 Å². The summed E-state index contributed by atoms with van der Waals surface area (Å²) in [5.74, 6) is -2.76. The molecule has 0 aliphatic carbocycles. The van der Waals surface area contributed by atoms with Crippen molar-refractivity contribution in [2.24, 2.45) is 0 Å². The van der Waals surface area contributed by atoms with Gasteiger partial charge < -0.3 is 15.2 Å². The second kappa shape index (κ2) is 14.2. The molecule has 0 bridgehead atoms. The second-order valence-corrected chi connectivity index (χ2v) is 8.61. The molecule has 0 aliphatic heterocycles. The number of alkyl halides is 3. The Morgan fingerprint density at radius 1 is 1.06 bits per heavy atom. The third-order valence-electron chi connectivity index (χ3n) is 4.70. The molecule has 0 radical (unpaired) electrons. The van der Waals surface area contributed by atoms with Gasteiger partial charge in [-0.05, 0) is 37.6 Å². The first-order valence-electron chi connectivity index (χ1n) is 11.2. The number of hydrogen-bond acceptors (Lipinski definition) is 6. The molecule has 3 aromatic rings. The van der Waals surface area contributed by atoms with E-state index in [9.17, 15) is 22.8 Å². The number of benzene rings is 2. The van der Waals surface area contributed by atoms with Crippen molar-refractivity contribution < 1.29 is 32.6 Å². The summed E-state index contributed by atoms with van der Waals surface area (Å²) in [6.07, 6.45) is -1.01. The molecule has 0 fully saturated rings. The van der Waals surface area contributed by atoms with Gasteiger partial charge in [0.2, 0.25) is 0 Å². The van der Waals surface area contributed by atoms with Crippen molar-refractivity contribution in [1.82, 2.24) is 10.3 Å². The number of aromatic nitrogens is 1. The number of unbranched alkanes of at least 4 members (excludes halogenated alkanes) is 2. The van der Waals surface area contributed by atoms with Crippen LogP contribution < -0.4 is 15.4 Å². The number of aromatic carboxylic acids is 1. The fraction of sp³-hybridized carbons (Fsp3) is 0.320. The lowest BCUT2D eigenvalue weighted by atomic mass is 10.2. The Hall–Kier alpha value is -3.44. The van der Waals surface area contributed by atoms with Crippen LogP contribution in [0.1, 0.15) is 57.5 Å². The molecule has 1 aromatic heterocycles. The van der Waals surface area contributed by atoms with Crippen LogP contribution in [-0.2, 0) is 6.54 Å². The number of carboxylic acid groups (broad SMARTS) is 1. The normalized spacial score (nSPS) is 10.8. The van der Waals surface area contributed by atoms with E-state index in [4.69, 9.17) is 5.11 Å². The van der Waals surface area contributed by atoms with Crippen LogP contribution in [0.4, 0.5) is 18.3 Å². The fourth-order valence-electron chi connectivity index (χ4n) is 3.01. The van der Waals surface area contributed by atoms with Gasteiger partial charge in [0.15, 0.2) is 5.13 Å². The van der Waals surface area contributed by atoms with Crippen LogP contribution in [-0.4, -0.2) is 34.9 Å². The minimum Gasteiger partial charge on any atom is -0.477 e. The zero-order chi connectivity index (χ0) is 26.6. The molecule has 7 nitrogen and oxygen atoms in total. The topological polar surface area (TPSA) is 101 Å². The molecular weight excluding hydrogens is 495 g/mol. The minimum atomic E-state index is -4.94. The van der Waals surface area contributed by atoms with E-state index in [0.29, 0.717) is 11.3 Å². The highest BCUT2D eigenvalue weighted by Gasteiger charge is 2.33. The Bertz CT molecular complexity index is 1120. The molecule has 36 heavy (non-hydrogen) atoms. The molecule has 1 heterocycles. The lowest BCUT2D eigenvalue weighted by Crippen LogP contribution is -2.20. The Labute approximate surface area is 211 Å². The number of anilines is 1. The number of rotatable bonds is 10. The first-order chi connectivity index (χ1) is 17.1. The Morgan fingerprint density at radius 2 is 1.72 bits per heavy atom. The van der Waals surface area contributed by atoms with Crippen LogP contribution in [0.25, 0.3) is 0 Å². The molecule has 0 saturated heterocycles. The Kier molecular flexibility index (Phi) is 11.4. The van der Waals surface area contributed by atoms with Gasteiger partial charge in [-0.1, -0.05) is 73.6 Å². The monoisotopic (exact) mass is 523 g/mol. The number of ether oxygens (including phenoxy) is 1. The average molecular weight is 524 g/mol. The van der Waals surface area contributed by atoms with E-state index in [1.807, 2.05) is 0 Å². The van der Waals surface area contributed by atoms with Gasteiger partial charge >= 0.3 is 12.3 Å². The third-order valence-corrected chi connectivity index (χ3v) is 5.76. The van der Waals surface area contributed by atoms with Crippen molar-refractivity contribution >= 4 is 28.3 Å². The van der Waals surface area contributed by atoms with E-state index in [2.05, 4.69) is 57.6 Å². The number of carbonyl (C=O) groups is 2. The van der Waals surface area contributed by atoms with E-state index in [1.165, 1.54) is 43.9 Å².